The monoisotopic (exact) mass is 248 g/mol. The first kappa shape index (κ1) is 13.0. The van der Waals surface area contributed by atoms with E-state index in [9.17, 15) is 12.9 Å². The molecule has 98 valence electrons. The van der Waals surface area contributed by atoms with Crippen LogP contribution in [0.4, 0.5) is 12.9 Å². The van der Waals surface area contributed by atoms with Crippen molar-refractivity contribution in [3.63, 3.8) is 0 Å². The van der Waals surface area contributed by atoms with E-state index in [1.165, 1.54) is 6.08 Å². The predicted molar refractivity (Wildman–Crippen MR) is 61.8 cm³/mol. The van der Waals surface area contributed by atoms with E-state index in [0.717, 1.165) is 13.1 Å². The second-order valence-corrected chi connectivity index (χ2v) is 5.15. The fourth-order valence-electron chi connectivity index (χ4n) is 2.66. The molecule has 0 N–H and O–H groups in total. The second-order valence-electron chi connectivity index (χ2n) is 5.15. The highest BCUT2D eigenvalue weighted by atomic mass is 19.4. The lowest BCUT2D eigenvalue weighted by atomic mass is 9.69. The van der Waals surface area contributed by atoms with Crippen molar-refractivity contribution in [1.29, 1.82) is 0 Å². The lowest BCUT2D eigenvalue weighted by molar-refractivity contribution is -0.0198. The maximum atomic E-state index is 12.6. The molecule has 2 aliphatic rings. The fourth-order valence-corrected chi connectivity index (χ4v) is 2.66. The molecule has 1 aliphatic heterocycles. The summed E-state index contributed by atoms with van der Waals surface area (Å²) in [5, 5.41) is 0. The van der Waals surface area contributed by atoms with E-state index in [1.54, 1.807) is 0 Å². The van der Waals surface area contributed by atoms with Gasteiger partial charge in [-0.05, 0) is 19.8 Å². The third-order valence-electron chi connectivity index (χ3n) is 3.95. The minimum atomic E-state index is -4.78. The van der Waals surface area contributed by atoms with Crippen LogP contribution in [0.25, 0.3) is 0 Å². The van der Waals surface area contributed by atoms with Crippen LogP contribution in [-0.4, -0.2) is 43.7 Å². The molecule has 0 spiro atoms. The number of halogens is 3. The minimum Gasteiger partial charge on any atom is -0.445 e. The molecule has 0 aromatic heterocycles. The van der Waals surface area contributed by atoms with Crippen molar-refractivity contribution < 1.29 is 17.7 Å². The third-order valence-corrected chi connectivity index (χ3v) is 3.95. The topological polar surface area (TPSA) is 12.5 Å². The SMILES string of the molecule is CC1(N2CCOCC2)CC=C([B-](F)(F)F)CC1. The average molecular weight is 248 g/mol. The van der Waals surface area contributed by atoms with Crippen LogP contribution in [0.1, 0.15) is 26.2 Å². The number of nitrogens with zero attached hydrogens (tertiary/aromatic N) is 1. The number of ether oxygens (including phenoxy) is 1. The van der Waals surface area contributed by atoms with Crippen LogP contribution in [0.5, 0.6) is 0 Å². The maximum Gasteiger partial charge on any atom is 0.505 e. The molecule has 0 radical (unpaired) electrons. The van der Waals surface area contributed by atoms with Gasteiger partial charge in [0, 0.05) is 18.6 Å². The number of hydrogen-bond donors (Lipinski definition) is 0. The first-order valence-corrected chi connectivity index (χ1v) is 6.13. The molecule has 2 rings (SSSR count). The Kier molecular flexibility index (Phi) is 3.54. The average Bonchev–Trinajstić information content (AvgIpc) is 2.29. The first-order valence-electron chi connectivity index (χ1n) is 6.13. The summed E-state index contributed by atoms with van der Waals surface area (Å²) in [4.78, 5) is 2.27. The molecule has 0 bridgehead atoms. The lowest BCUT2D eigenvalue weighted by Gasteiger charge is -2.46. The summed E-state index contributed by atoms with van der Waals surface area (Å²) in [5.74, 6) is 0. The van der Waals surface area contributed by atoms with E-state index in [0.29, 0.717) is 26.1 Å². The fraction of sp³-hybridized carbons (Fsp3) is 0.818. The van der Waals surface area contributed by atoms with Crippen LogP contribution < -0.4 is 0 Å². The first-order chi connectivity index (χ1) is 7.92. The van der Waals surface area contributed by atoms with Gasteiger partial charge in [-0.25, -0.2) is 0 Å². The van der Waals surface area contributed by atoms with Crippen LogP contribution in [0.15, 0.2) is 11.5 Å². The Morgan fingerprint density at radius 2 is 1.94 bits per heavy atom. The largest absolute Gasteiger partial charge is 0.505 e. The zero-order chi connectivity index (χ0) is 12.5. The van der Waals surface area contributed by atoms with E-state index < -0.39 is 6.98 Å². The Hall–Kier alpha value is -0.485. The van der Waals surface area contributed by atoms with Gasteiger partial charge in [0.2, 0.25) is 0 Å². The van der Waals surface area contributed by atoms with Crippen molar-refractivity contribution in [2.75, 3.05) is 26.3 Å². The summed E-state index contributed by atoms with van der Waals surface area (Å²) in [6, 6.07) is 0. The molecule has 1 unspecified atom stereocenters. The quantitative estimate of drug-likeness (QED) is 0.696. The molecule has 1 heterocycles. The van der Waals surface area contributed by atoms with Crippen molar-refractivity contribution >= 4 is 6.98 Å². The van der Waals surface area contributed by atoms with Crippen molar-refractivity contribution in [3.05, 3.63) is 11.5 Å². The van der Waals surface area contributed by atoms with Gasteiger partial charge in [0.1, 0.15) is 0 Å². The van der Waals surface area contributed by atoms with Gasteiger partial charge in [-0.15, -0.1) is 11.5 Å². The van der Waals surface area contributed by atoms with E-state index in [4.69, 9.17) is 4.74 Å². The Bertz CT molecular complexity index is 312. The van der Waals surface area contributed by atoms with Crippen LogP contribution in [0.2, 0.25) is 0 Å². The van der Waals surface area contributed by atoms with Gasteiger partial charge in [-0.2, -0.15) is 0 Å². The lowest BCUT2D eigenvalue weighted by Crippen LogP contribution is -2.52. The van der Waals surface area contributed by atoms with Gasteiger partial charge in [0.25, 0.3) is 0 Å². The molecule has 0 aromatic carbocycles. The number of morpholine rings is 1. The van der Waals surface area contributed by atoms with E-state index in [1.807, 2.05) is 0 Å². The molecule has 17 heavy (non-hydrogen) atoms. The maximum absolute atomic E-state index is 12.6. The van der Waals surface area contributed by atoms with E-state index in [-0.39, 0.29) is 17.4 Å². The van der Waals surface area contributed by atoms with Gasteiger partial charge >= 0.3 is 6.98 Å². The molecule has 2 nitrogen and oxygen atoms in total. The molecule has 0 aromatic rings. The van der Waals surface area contributed by atoms with Gasteiger partial charge in [-0.1, -0.05) is 6.42 Å². The highest BCUT2D eigenvalue weighted by molar-refractivity contribution is 6.66. The molecule has 1 atom stereocenters. The van der Waals surface area contributed by atoms with Crippen LogP contribution in [0.3, 0.4) is 0 Å². The minimum absolute atomic E-state index is 0.116. The summed E-state index contributed by atoms with van der Waals surface area (Å²) < 4.78 is 43.1. The van der Waals surface area contributed by atoms with E-state index >= 15 is 0 Å². The van der Waals surface area contributed by atoms with E-state index in [2.05, 4.69) is 11.8 Å². The summed E-state index contributed by atoms with van der Waals surface area (Å²) in [6.45, 7) is 0.326. The van der Waals surface area contributed by atoms with Gasteiger partial charge in [0.05, 0.1) is 13.2 Å². The molecule has 6 heteroatoms. The molecular formula is C11H18BF3NO-. The summed E-state index contributed by atoms with van der Waals surface area (Å²) >= 11 is 0. The van der Waals surface area contributed by atoms with Gasteiger partial charge in [-0.3, -0.25) is 4.90 Å². The molecule has 1 aliphatic carbocycles. The summed E-state index contributed by atoms with van der Waals surface area (Å²) in [6.07, 6.45) is 2.67. The van der Waals surface area contributed by atoms with Crippen LogP contribution in [0, 0.1) is 0 Å². The smallest absolute Gasteiger partial charge is 0.445 e. The third kappa shape index (κ3) is 2.85. The second kappa shape index (κ2) is 4.65. The number of hydrogen-bond acceptors (Lipinski definition) is 2. The summed E-state index contributed by atoms with van der Waals surface area (Å²) in [7, 11) is 0. The normalized spacial score (nSPS) is 32.4. The standard InChI is InChI=1S/C11H18BF3NO/c1-11(16-6-8-17-9-7-16)4-2-10(3-5-11)12(13,14)15/h2H,3-9H2,1H3/q-1. The zero-order valence-corrected chi connectivity index (χ0v) is 10.1. The van der Waals surface area contributed by atoms with Crippen molar-refractivity contribution in [3.8, 4) is 0 Å². The van der Waals surface area contributed by atoms with Crippen molar-refractivity contribution in [1.82, 2.24) is 4.90 Å². The Balaban J connectivity index is 2.03. The Labute approximate surface area is 99.9 Å². The zero-order valence-electron chi connectivity index (χ0n) is 10.1. The molecular weight excluding hydrogens is 230 g/mol. The Morgan fingerprint density at radius 3 is 2.41 bits per heavy atom. The predicted octanol–water partition coefficient (Wildman–Crippen LogP) is 2.57. The molecule has 0 saturated carbocycles. The van der Waals surface area contributed by atoms with Crippen molar-refractivity contribution in [2.45, 2.75) is 31.7 Å². The van der Waals surface area contributed by atoms with Gasteiger partial charge in [0.15, 0.2) is 0 Å². The molecule has 1 fully saturated rings. The van der Waals surface area contributed by atoms with Crippen LogP contribution in [-0.2, 0) is 4.74 Å². The van der Waals surface area contributed by atoms with Crippen molar-refractivity contribution in [2.24, 2.45) is 0 Å². The van der Waals surface area contributed by atoms with Gasteiger partial charge < -0.3 is 17.7 Å². The highest BCUT2D eigenvalue weighted by Gasteiger charge is 2.38. The Morgan fingerprint density at radius 1 is 1.29 bits per heavy atom. The molecule has 0 amide bonds. The number of allylic oxidation sites excluding steroid dienone is 1. The molecule has 1 saturated heterocycles. The van der Waals surface area contributed by atoms with Crippen LogP contribution >= 0.6 is 0 Å². The highest BCUT2D eigenvalue weighted by Crippen LogP contribution is 2.37. The summed E-state index contributed by atoms with van der Waals surface area (Å²) in [5.41, 5.74) is -0.412. The number of rotatable bonds is 2.